The van der Waals surface area contributed by atoms with Gasteiger partial charge in [-0.25, -0.2) is 4.79 Å². The number of hydrogen-bond donors (Lipinski definition) is 0. The third-order valence-corrected chi connectivity index (χ3v) is 3.16. The molecule has 2 rings (SSSR count). The zero-order chi connectivity index (χ0) is 15.8. The fraction of sp³-hybridized carbons (Fsp3) is 0.533. The minimum Gasteiger partial charge on any atom is -0.443 e. The molecule has 1 saturated carbocycles. The standard InChI is InChI=1S/C15H20N2O4/c1-10-6-5-7-12(17(19)20)13(10)16(11-8-9-11)14(18)21-15(2,3)4/h5-7,11H,8-9H2,1-4H3. The zero-order valence-corrected chi connectivity index (χ0v) is 12.8. The van der Waals surface area contributed by atoms with Gasteiger partial charge in [0.15, 0.2) is 0 Å². The van der Waals surface area contributed by atoms with E-state index in [0.717, 1.165) is 12.8 Å². The van der Waals surface area contributed by atoms with E-state index in [9.17, 15) is 14.9 Å². The summed E-state index contributed by atoms with van der Waals surface area (Å²) < 4.78 is 5.41. The van der Waals surface area contributed by atoms with Gasteiger partial charge in [-0.05, 0) is 46.1 Å². The number of hydrogen-bond acceptors (Lipinski definition) is 4. The fourth-order valence-electron chi connectivity index (χ4n) is 2.17. The number of anilines is 1. The Hall–Kier alpha value is -2.11. The number of carbonyl (C=O) groups is 1. The fourth-order valence-corrected chi connectivity index (χ4v) is 2.17. The summed E-state index contributed by atoms with van der Waals surface area (Å²) in [6.45, 7) is 7.11. The van der Waals surface area contributed by atoms with Gasteiger partial charge in [-0.15, -0.1) is 0 Å². The van der Waals surface area contributed by atoms with E-state index in [-0.39, 0.29) is 11.7 Å². The molecule has 0 bridgehead atoms. The molecule has 0 heterocycles. The molecule has 0 spiro atoms. The number of rotatable bonds is 3. The number of nitrogens with zero attached hydrogens (tertiary/aromatic N) is 2. The average Bonchev–Trinajstić information content (AvgIpc) is 3.13. The smallest absolute Gasteiger partial charge is 0.415 e. The first-order chi connectivity index (χ1) is 9.70. The lowest BCUT2D eigenvalue weighted by Gasteiger charge is -2.28. The van der Waals surface area contributed by atoms with Crippen molar-refractivity contribution in [1.29, 1.82) is 0 Å². The van der Waals surface area contributed by atoms with Crippen LogP contribution in [0.25, 0.3) is 0 Å². The first-order valence-electron chi connectivity index (χ1n) is 6.97. The maximum atomic E-state index is 12.4. The van der Waals surface area contributed by atoms with Crippen molar-refractivity contribution in [3.05, 3.63) is 33.9 Å². The Morgan fingerprint density at radius 2 is 2.00 bits per heavy atom. The van der Waals surface area contributed by atoms with Crippen LogP contribution < -0.4 is 4.90 Å². The maximum Gasteiger partial charge on any atom is 0.415 e. The molecule has 0 N–H and O–H groups in total. The van der Waals surface area contributed by atoms with Gasteiger partial charge in [0, 0.05) is 12.1 Å². The van der Waals surface area contributed by atoms with Crippen molar-refractivity contribution in [2.45, 2.75) is 52.2 Å². The van der Waals surface area contributed by atoms with E-state index in [1.807, 2.05) is 0 Å². The first-order valence-corrected chi connectivity index (χ1v) is 6.97. The van der Waals surface area contributed by atoms with Crippen molar-refractivity contribution in [2.75, 3.05) is 4.90 Å². The van der Waals surface area contributed by atoms with Crippen LogP contribution in [0.3, 0.4) is 0 Å². The van der Waals surface area contributed by atoms with E-state index in [1.165, 1.54) is 11.0 Å². The number of nitro benzene ring substituents is 1. The Balaban J connectivity index is 2.44. The third kappa shape index (κ3) is 3.51. The number of benzene rings is 1. The van der Waals surface area contributed by atoms with Gasteiger partial charge < -0.3 is 4.74 Å². The van der Waals surface area contributed by atoms with Crippen LogP contribution in [0.1, 0.15) is 39.2 Å². The summed E-state index contributed by atoms with van der Waals surface area (Å²) in [5, 5.41) is 11.3. The number of amides is 1. The van der Waals surface area contributed by atoms with Crippen molar-refractivity contribution >= 4 is 17.5 Å². The quantitative estimate of drug-likeness (QED) is 0.627. The summed E-state index contributed by atoms with van der Waals surface area (Å²) in [5.74, 6) is 0. The first kappa shape index (κ1) is 15.3. The van der Waals surface area contributed by atoms with Gasteiger partial charge in [0.05, 0.1) is 4.92 Å². The van der Waals surface area contributed by atoms with E-state index in [2.05, 4.69) is 0 Å². The zero-order valence-electron chi connectivity index (χ0n) is 12.8. The molecule has 1 aliphatic carbocycles. The van der Waals surface area contributed by atoms with Crippen LogP contribution in [-0.2, 0) is 4.74 Å². The topological polar surface area (TPSA) is 72.7 Å². The van der Waals surface area contributed by atoms with Crippen LogP contribution in [-0.4, -0.2) is 22.7 Å². The molecule has 6 nitrogen and oxygen atoms in total. The highest BCUT2D eigenvalue weighted by atomic mass is 16.6. The maximum absolute atomic E-state index is 12.4. The lowest BCUT2D eigenvalue weighted by molar-refractivity contribution is -0.384. The second-order valence-corrected chi connectivity index (χ2v) is 6.28. The van der Waals surface area contributed by atoms with Crippen LogP contribution in [0, 0.1) is 17.0 Å². The SMILES string of the molecule is Cc1cccc([N+](=O)[O-])c1N(C(=O)OC(C)(C)C)C1CC1. The molecular weight excluding hydrogens is 272 g/mol. The summed E-state index contributed by atoms with van der Waals surface area (Å²) >= 11 is 0. The van der Waals surface area contributed by atoms with Gasteiger partial charge in [-0.2, -0.15) is 0 Å². The van der Waals surface area contributed by atoms with Crippen LogP contribution in [0.2, 0.25) is 0 Å². The molecule has 21 heavy (non-hydrogen) atoms. The number of para-hydroxylation sites is 1. The Kier molecular flexibility index (Phi) is 3.89. The van der Waals surface area contributed by atoms with Crippen molar-refractivity contribution < 1.29 is 14.5 Å². The Labute approximate surface area is 123 Å². The summed E-state index contributed by atoms with van der Waals surface area (Å²) in [6.07, 6.45) is 1.15. The molecule has 0 aromatic heterocycles. The molecule has 1 aliphatic rings. The van der Waals surface area contributed by atoms with Crippen LogP contribution in [0.4, 0.5) is 16.2 Å². The Morgan fingerprint density at radius 1 is 1.38 bits per heavy atom. The van der Waals surface area contributed by atoms with E-state index in [4.69, 9.17) is 4.74 Å². The van der Waals surface area contributed by atoms with Crippen molar-refractivity contribution in [3.8, 4) is 0 Å². The van der Waals surface area contributed by atoms with Crippen LogP contribution in [0.5, 0.6) is 0 Å². The van der Waals surface area contributed by atoms with Crippen molar-refractivity contribution in [1.82, 2.24) is 0 Å². The molecule has 1 aromatic carbocycles. The predicted octanol–water partition coefficient (Wildman–Crippen LogP) is 3.81. The molecule has 114 valence electrons. The second-order valence-electron chi connectivity index (χ2n) is 6.28. The summed E-state index contributed by atoms with van der Waals surface area (Å²) in [7, 11) is 0. The predicted molar refractivity (Wildman–Crippen MR) is 79.6 cm³/mol. The van der Waals surface area contributed by atoms with Gasteiger partial charge in [0.1, 0.15) is 11.3 Å². The molecule has 1 amide bonds. The lowest BCUT2D eigenvalue weighted by atomic mass is 10.1. The third-order valence-electron chi connectivity index (χ3n) is 3.16. The molecule has 0 saturated heterocycles. The summed E-state index contributed by atoms with van der Waals surface area (Å²) in [6, 6.07) is 4.79. The average molecular weight is 292 g/mol. The summed E-state index contributed by atoms with van der Waals surface area (Å²) in [4.78, 5) is 24.7. The van der Waals surface area contributed by atoms with Gasteiger partial charge in [0.25, 0.3) is 5.69 Å². The number of nitro groups is 1. The van der Waals surface area contributed by atoms with Gasteiger partial charge in [0.2, 0.25) is 0 Å². The minimum atomic E-state index is -0.637. The van der Waals surface area contributed by atoms with Crippen LogP contribution in [0.15, 0.2) is 18.2 Å². The molecular formula is C15H20N2O4. The van der Waals surface area contributed by atoms with E-state index >= 15 is 0 Å². The van der Waals surface area contributed by atoms with Crippen molar-refractivity contribution in [3.63, 3.8) is 0 Å². The molecule has 1 aromatic rings. The Morgan fingerprint density at radius 3 is 2.48 bits per heavy atom. The van der Waals surface area contributed by atoms with Gasteiger partial charge in [-0.1, -0.05) is 12.1 Å². The number of carbonyl (C=O) groups excluding carboxylic acids is 1. The largest absolute Gasteiger partial charge is 0.443 e. The summed E-state index contributed by atoms with van der Waals surface area (Å²) in [5.41, 5.74) is 0.343. The molecule has 0 atom stereocenters. The monoisotopic (exact) mass is 292 g/mol. The number of ether oxygens (including phenoxy) is 1. The highest BCUT2D eigenvalue weighted by molar-refractivity contribution is 5.93. The highest BCUT2D eigenvalue weighted by Crippen LogP contribution is 2.39. The Bertz CT molecular complexity index is 574. The van der Waals surface area contributed by atoms with E-state index in [1.54, 1.807) is 39.8 Å². The molecule has 1 fully saturated rings. The number of aryl methyl sites for hydroxylation is 1. The minimum absolute atomic E-state index is 0.0142. The molecule has 6 heteroatoms. The highest BCUT2D eigenvalue weighted by Gasteiger charge is 2.40. The lowest BCUT2D eigenvalue weighted by Crippen LogP contribution is -2.39. The molecule has 0 aliphatic heterocycles. The van der Waals surface area contributed by atoms with E-state index < -0.39 is 16.6 Å². The molecule has 0 unspecified atom stereocenters. The van der Waals surface area contributed by atoms with E-state index in [0.29, 0.717) is 11.3 Å². The van der Waals surface area contributed by atoms with Gasteiger partial charge in [-0.3, -0.25) is 15.0 Å². The second kappa shape index (κ2) is 5.35. The van der Waals surface area contributed by atoms with Crippen molar-refractivity contribution in [2.24, 2.45) is 0 Å². The van der Waals surface area contributed by atoms with Gasteiger partial charge >= 0.3 is 6.09 Å². The van der Waals surface area contributed by atoms with Crippen LogP contribution >= 0.6 is 0 Å². The molecule has 0 radical (unpaired) electrons. The normalized spacial score (nSPS) is 14.7.